The number of aromatic nitrogens is 2. The predicted octanol–water partition coefficient (Wildman–Crippen LogP) is 1.03. The maximum atomic E-state index is 11.9. The normalized spacial score (nSPS) is 14.4. The summed E-state index contributed by atoms with van der Waals surface area (Å²) in [6.45, 7) is 6.39. The van der Waals surface area contributed by atoms with Crippen LogP contribution in [0.3, 0.4) is 0 Å². The number of hydrogen-bond donors (Lipinski definition) is 1. The largest absolute Gasteiger partial charge is 0.391 e. The van der Waals surface area contributed by atoms with Gasteiger partial charge in [0.2, 0.25) is 0 Å². The third-order valence-electron chi connectivity index (χ3n) is 2.90. The van der Waals surface area contributed by atoms with E-state index < -0.39 is 6.10 Å². The molecule has 2 atom stereocenters. The Morgan fingerprint density at radius 1 is 1.53 bits per heavy atom. The lowest BCUT2D eigenvalue weighted by Gasteiger charge is -2.20. The molecule has 96 valence electrons. The molecule has 0 bridgehead atoms. The summed E-state index contributed by atoms with van der Waals surface area (Å²) in [5, 5.41) is 13.6. The first-order valence-corrected chi connectivity index (χ1v) is 5.95. The van der Waals surface area contributed by atoms with Crippen LogP contribution in [-0.4, -0.2) is 34.6 Å². The molecule has 2 unspecified atom stereocenters. The molecule has 0 aliphatic heterocycles. The van der Waals surface area contributed by atoms with Crippen molar-refractivity contribution in [2.45, 2.75) is 39.3 Å². The molecule has 0 saturated heterocycles. The highest BCUT2D eigenvalue weighted by Gasteiger charge is 2.14. The van der Waals surface area contributed by atoms with Crippen molar-refractivity contribution in [3.8, 4) is 0 Å². The highest BCUT2D eigenvalue weighted by molar-refractivity contribution is 5.41. The van der Waals surface area contributed by atoms with E-state index in [1.54, 1.807) is 26.1 Å². The Morgan fingerprint density at radius 2 is 2.18 bits per heavy atom. The summed E-state index contributed by atoms with van der Waals surface area (Å²) in [5.74, 6) is 0. The summed E-state index contributed by atoms with van der Waals surface area (Å²) >= 11 is 0. The molecule has 17 heavy (non-hydrogen) atoms. The van der Waals surface area contributed by atoms with Crippen LogP contribution >= 0.6 is 0 Å². The van der Waals surface area contributed by atoms with Crippen LogP contribution in [0.4, 0.5) is 5.69 Å². The Hall–Kier alpha value is -1.36. The van der Waals surface area contributed by atoms with Gasteiger partial charge in [-0.05, 0) is 20.3 Å². The number of aliphatic hydroxyl groups is 1. The first-order chi connectivity index (χ1) is 7.97. The van der Waals surface area contributed by atoms with Gasteiger partial charge in [0.05, 0.1) is 24.0 Å². The van der Waals surface area contributed by atoms with Crippen molar-refractivity contribution in [1.82, 2.24) is 9.78 Å². The zero-order chi connectivity index (χ0) is 13.0. The molecule has 0 saturated carbocycles. The van der Waals surface area contributed by atoms with E-state index in [0.29, 0.717) is 0 Å². The number of nitrogens with zero attached hydrogens (tertiary/aromatic N) is 3. The van der Waals surface area contributed by atoms with Gasteiger partial charge in [-0.2, -0.15) is 5.10 Å². The van der Waals surface area contributed by atoms with Crippen LogP contribution < -0.4 is 10.5 Å². The maximum Gasteiger partial charge on any atom is 0.269 e. The van der Waals surface area contributed by atoms with Crippen LogP contribution in [0.5, 0.6) is 0 Å². The zero-order valence-electron chi connectivity index (χ0n) is 10.9. The minimum absolute atomic E-state index is 0.182. The van der Waals surface area contributed by atoms with Crippen molar-refractivity contribution in [3.63, 3.8) is 0 Å². The van der Waals surface area contributed by atoms with Crippen molar-refractivity contribution in [2.24, 2.45) is 0 Å². The summed E-state index contributed by atoms with van der Waals surface area (Å²) < 4.78 is 1.31. The van der Waals surface area contributed by atoms with Crippen LogP contribution in [0.2, 0.25) is 0 Å². The van der Waals surface area contributed by atoms with Crippen LogP contribution in [0, 0.1) is 0 Å². The molecule has 0 fully saturated rings. The van der Waals surface area contributed by atoms with Crippen LogP contribution in [-0.2, 0) is 0 Å². The fourth-order valence-corrected chi connectivity index (χ4v) is 1.59. The fourth-order valence-electron chi connectivity index (χ4n) is 1.59. The Balaban J connectivity index is 2.98. The van der Waals surface area contributed by atoms with Crippen LogP contribution in [0.25, 0.3) is 0 Å². The SMILES string of the molecule is CCCN(C)c1cnn(C(C)C(C)O)c(=O)c1. The molecule has 0 spiro atoms. The van der Waals surface area contributed by atoms with Gasteiger partial charge in [-0.25, -0.2) is 4.68 Å². The van der Waals surface area contributed by atoms with Crippen molar-refractivity contribution in [2.75, 3.05) is 18.5 Å². The molecule has 0 amide bonds. The fraction of sp³-hybridized carbons (Fsp3) is 0.667. The number of anilines is 1. The molecule has 1 aromatic heterocycles. The Kier molecular flexibility index (Phi) is 4.69. The molecular formula is C12H21N3O2. The van der Waals surface area contributed by atoms with Crippen LogP contribution in [0.15, 0.2) is 17.1 Å². The quantitative estimate of drug-likeness (QED) is 0.834. The van der Waals surface area contributed by atoms with E-state index in [-0.39, 0.29) is 11.6 Å². The number of rotatable bonds is 5. The van der Waals surface area contributed by atoms with Gasteiger partial charge < -0.3 is 10.0 Å². The topological polar surface area (TPSA) is 58.4 Å². The lowest BCUT2D eigenvalue weighted by Crippen LogP contribution is -2.32. The minimum atomic E-state index is -0.598. The average Bonchev–Trinajstić information content (AvgIpc) is 2.28. The highest BCUT2D eigenvalue weighted by Crippen LogP contribution is 2.10. The second kappa shape index (κ2) is 5.82. The third-order valence-corrected chi connectivity index (χ3v) is 2.90. The second-order valence-corrected chi connectivity index (χ2v) is 4.40. The van der Waals surface area contributed by atoms with Gasteiger partial charge in [0.25, 0.3) is 5.56 Å². The van der Waals surface area contributed by atoms with Gasteiger partial charge in [0.1, 0.15) is 0 Å². The van der Waals surface area contributed by atoms with E-state index >= 15 is 0 Å². The molecule has 1 rings (SSSR count). The van der Waals surface area contributed by atoms with E-state index in [4.69, 9.17) is 0 Å². The predicted molar refractivity (Wildman–Crippen MR) is 68.4 cm³/mol. The first kappa shape index (κ1) is 13.7. The molecule has 0 aromatic carbocycles. The molecule has 5 nitrogen and oxygen atoms in total. The van der Waals surface area contributed by atoms with Crippen molar-refractivity contribution in [1.29, 1.82) is 0 Å². The summed E-state index contributed by atoms with van der Waals surface area (Å²) in [5.41, 5.74) is 0.629. The third kappa shape index (κ3) is 3.30. The second-order valence-electron chi connectivity index (χ2n) is 4.40. The Bertz CT molecular complexity index is 414. The first-order valence-electron chi connectivity index (χ1n) is 5.95. The van der Waals surface area contributed by atoms with Crippen molar-refractivity contribution < 1.29 is 5.11 Å². The van der Waals surface area contributed by atoms with Gasteiger partial charge >= 0.3 is 0 Å². The molecule has 5 heteroatoms. The molecule has 0 radical (unpaired) electrons. The van der Waals surface area contributed by atoms with Crippen molar-refractivity contribution >= 4 is 5.69 Å². The highest BCUT2D eigenvalue weighted by atomic mass is 16.3. The maximum absolute atomic E-state index is 11.9. The molecule has 1 N–H and O–H groups in total. The molecule has 1 aromatic rings. The van der Waals surface area contributed by atoms with Gasteiger partial charge in [0.15, 0.2) is 0 Å². The molecular weight excluding hydrogens is 218 g/mol. The summed E-state index contributed by atoms with van der Waals surface area (Å²) in [7, 11) is 1.93. The number of aliphatic hydroxyl groups excluding tert-OH is 1. The van der Waals surface area contributed by atoms with Crippen LogP contribution in [0.1, 0.15) is 33.2 Å². The van der Waals surface area contributed by atoms with E-state index in [1.165, 1.54) is 4.68 Å². The smallest absolute Gasteiger partial charge is 0.269 e. The Labute approximate surface area is 102 Å². The summed E-state index contributed by atoms with van der Waals surface area (Å²) in [4.78, 5) is 13.8. The van der Waals surface area contributed by atoms with E-state index in [2.05, 4.69) is 12.0 Å². The molecule has 0 aliphatic rings. The lowest BCUT2D eigenvalue weighted by atomic mass is 10.2. The molecule has 0 aliphatic carbocycles. The van der Waals surface area contributed by atoms with E-state index in [1.807, 2.05) is 11.9 Å². The van der Waals surface area contributed by atoms with Gasteiger partial charge in [0, 0.05) is 19.7 Å². The van der Waals surface area contributed by atoms with Crippen molar-refractivity contribution in [3.05, 3.63) is 22.6 Å². The average molecular weight is 239 g/mol. The monoisotopic (exact) mass is 239 g/mol. The Morgan fingerprint density at radius 3 is 2.65 bits per heavy atom. The minimum Gasteiger partial charge on any atom is -0.391 e. The zero-order valence-corrected chi connectivity index (χ0v) is 10.9. The lowest BCUT2D eigenvalue weighted by molar-refractivity contribution is 0.129. The standard InChI is InChI=1S/C12H21N3O2/c1-5-6-14(4)11-7-12(17)15(13-8-11)9(2)10(3)16/h7-10,16H,5-6H2,1-4H3. The van der Waals surface area contributed by atoms with E-state index in [9.17, 15) is 9.90 Å². The van der Waals surface area contributed by atoms with Gasteiger partial charge in [-0.15, -0.1) is 0 Å². The molecule has 1 heterocycles. The summed E-state index contributed by atoms with van der Waals surface area (Å²) in [6, 6.07) is 1.25. The summed E-state index contributed by atoms with van der Waals surface area (Å²) in [6.07, 6.45) is 2.08. The van der Waals surface area contributed by atoms with E-state index in [0.717, 1.165) is 18.7 Å². The van der Waals surface area contributed by atoms with Gasteiger partial charge in [-0.3, -0.25) is 4.79 Å². The van der Waals surface area contributed by atoms with Gasteiger partial charge in [-0.1, -0.05) is 6.92 Å². The number of hydrogen-bond acceptors (Lipinski definition) is 4.